The average molecular weight is 551 g/mol. The van der Waals surface area contributed by atoms with Crippen LogP contribution >= 0.6 is 0 Å². The number of amides is 2. The first-order valence-corrected chi connectivity index (χ1v) is 13.5. The fraction of sp³-hybridized carbons (Fsp3) is 0.517. The van der Waals surface area contributed by atoms with Gasteiger partial charge >= 0.3 is 6.09 Å². The maximum atomic E-state index is 12.9. The zero-order chi connectivity index (χ0) is 29.0. The van der Waals surface area contributed by atoms with Gasteiger partial charge in [0.2, 0.25) is 0 Å². The summed E-state index contributed by atoms with van der Waals surface area (Å²) in [5, 5.41) is 14.6. The summed E-state index contributed by atoms with van der Waals surface area (Å²) in [5.41, 5.74) is 1.13. The normalized spacial score (nSPS) is 18.9. The van der Waals surface area contributed by atoms with Gasteiger partial charge in [-0.15, -0.1) is 0 Å². The third-order valence-electron chi connectivity index (χ3n) is 7.00. The van der Waals surface area contributed by atoms with E-state index in [4.69, 9.17) is 14.5 Å². The van der Waals surface area contributed by atoms with Gasteiger partial charge in [-0.05, 0) is 59.2 Å². The summed E-state index contributed by atoms with van der Waals surface area (Å²) in [6.45, 7) is 10.5. The van der Waals surface area contributed by atoms with E-state index in [1.54, 1.807) is 51.0 Å². The fourth-order valence-corrected chi connectivity index (χ4v) is 5.20. The Morgan fingerprint density at radius 1 is 1.10 bits per heavy atom. The number of hydrogen-bond donors (Lipinski definition) is 1. The lowest BCUT2D eigenvalue weighted by atomic mass is 9.88. The Morgan fingerprint density at radius 2 is 1.80 bits per heavy atom. The van der Waals surface area contributed by atoms with Crippen LogP contribution in [0.15, 0.2) is 36.8 Å². The molecule has 11 nitrogen and oxygen atoms in total. The van der Waals surface area contributed by atoms with Crippen LogP contribution in [-0.2, 0) is 4.74 Å². The first-order valence-electron chi connectivity index (χ1n) is 13.5. The third kappa shape index (κ3) is 5.56. The highest BCUT2D eigenvalue weighted by Gasteiger charge is 2.49. The van der Waals surface area contributed by atoms with Crippen LogP contribution in [0.3, 0.4) is 0 Å². The summed E-state index contributed by atoms with van der Waals surface area (Å²) in [5.74, 6) is 1.18. The van der Waals surface area contributed by atoms with Crippen molar-refractivity contribution in [3.63, 3.8) is 0 Å². The van der Waals surface area contributed by atoms with Crippen LogP contribution in [0.25, 0.3) is 16.6 Å². The largest absolute Gasteiger partial charge is 0.489 e. The Morgan fingerprint density at radius 3 is 2.38 bits per heavy atom. The second kappa shape index (κ2) is 9.96. The molecule has 40 heavy (non-hydrogen) atoms. The molecule has 0 aliphatic carbocycles. The minimum absolute atomic E-state index is 0.0947. The van der Waals surface area contributed by atoms with Crippen molar-refractivity contribution >= 4 is 23.3 Å². The van der Waals surface area contributed by atoms with Gasteiger partial charge in [-0.2, -0.15) is 5.10 Å². The minimum Gasteiger partial charge on any atom is -0.489 e. The maximum Gasteiger partial charge on any atom is 0.410 e. The Kier molecular flexibility index (Phi) is 6.89. The Labute approximate surface area is 234 Å². The molecule has 2 amide bonds. The molecule has 11 heteroatoms. The fourth-order valence-electron chi connectivity index (χ4n) is 5.20. The zero-order valence-corrected chi connectivity index (χ0v) is 24.2. The van der Waals surface area contributed by atoms with E-state index >= 15 is 0 Å². The smallest absolute Gasteiger partial charge is 0.410 e. The van der Waals surface area contributed by atoms with Crippen molar-refractivity contribution in [2.75, 3.05) is 38.7 Å². The Hall–Kier alpha value is -3.86. The summed E-state index contributed by atoms with van der Waals surface area (Å²) < 4.78 is 13.1. The predicted octanol–water partition coefficient (Wildman–Crippen LogP) is 3.45. The number of aromatic nitrogens is 3. The van der Waals surface area contributed by atoms with Crippen LogP contribution in [0.5, 0.6) is 5.75 Å². The van der Waals surface area contributed by atoms with Crippen molar-refractivity contribution in [1.29, 1.82) is 0 Å². The lowest BCUT2D eigenvalue weighted by Gasteiger charge is -2.56. The highest BCUT2D eigenvalue weighted by Crippen LogP contribution is 2.37. The molecular formula is C29H38N6O5. The molecule has 3 aliphatic rings. The molecule has 6 heterocycles. The molecule has 0 radical (unpaired) electrons. The molecule has 0 saturated carbocycles. The van der Waals surface area contributed by atoms with E-state index < -0.39 is 11.2 Å². The molecule has 3 aromatic heterocycles. The van der Waals surface area contributed by atoms with E-state index in [1.165, 1.54) is 4.90 Å². The molecule has 6 rings (SSSR count). The molecule has 2 atom stereocenters. The number of hydrogen-bond acceptors (Lipinski definition) is 8. The monoisotopic (exact) mass is 550 g/mol. The molecular weight excluding hydrogens is 512 g/mol. The number of carbonyl (C=O) groups excluding carboxylic acids is 2. The van der Waals surface area contributed by atoms with Gasteiger partial charge in [-0.1, -0.05) is 0 Å². The summed E-state index contributed by atoms with van der Waals surface area (Å²) in [4.78, 5) is 35.9. The van der Waals surface area contributed by atoms with Crippen molar-refractivity contribution in [3.8, 4) is 16.9 Å². The van der Waals surface area contributed by atoms with E-state index in [0.717, 1.165) is 23.4 Å². The number of pyridine rings is 2. The van der Waals surface area contributed by atoms with Crippen LogP contribution in [0.2, 0.25) is 0 Å². The molecule has 2 bridgehead atoms. The highest BCUT2D eigenvalue weighted by atomic mass is 16.6. The lowest BCUT2D eigenvalue weighted by molar-refractivity contribution is -0.0380. The molecule has 214 valence electrons. The van der Waals surface area contributed by atoms with Gasteiger partial charge in [-0.25, -0.2) is 14.3 Å². The van der Waals surface area contributed by atoms with E-state index in [-0.39, 0.29) is 30.7 Å². The first-order chi connectivity index (χ1) is 18.7. The van der Waals surface area contributed by atoms with Crippen molar-refractivity contribution in [1.82, 2.24) is 24.4 Å². The van der Waals surface area contributed by atoms with Gasteiger partial charge in [-0.3, -0.25) is 9.69 Å². The number of piperazine rings is 1. The van der Waals surface area contributed by atoms with Crippen molar-refractivity contribution in [2.45, 2.75) is 64.3 Å². The van der Waals surface area contributed by atoms with Crippen LogP contribution in [-0.4, -0.2) is 98.6 Å². The van der Waals surface area contributed by atoms with Crippen LogP contribution in [0.1, 0.15) is 51.4 Å². The predicted molar refractivity (Wildman–Crippen MR) is 151 cm³/mol. The van der Waals surface area contributed by atoms with Crippen LogP contribution in [0.4, 0.5) is 10.6 Å². The van der Waals surface area contributed by atoms with Gasteiger partial charge in [0.05, 0.1) is 41.2 Å². The van der Waals surface area contributed by atoms with Gasteiger partial charge in [0.1, 0.15) is 23.8 Å². The van der Waals surface area contributed by atoms with Crippen molar-refractivity contribution < 1.29 is 24.2 Å². The summed E-state index contributed by atoms with van der Waals surface area (Å²) >= 11 is 0. The molecule has 0 spiro atoms. The van der Waals surface area contributed by atoms with Gasteiger partial charge in [0.25, 0.3) is 5.91 Å². The molecule has 0 aromatic carbocycles. The maximum absolute atomic E-state index is 12.9. The zero-order valence-electron chi connectivity index (χ0n) is 24.2. The van der Waals surface area contributed by atoms with Crippen LogP contribution < -0.4 is 9.64 Å². The number of fused-ring (bicyclic) bond motifs is 3. The van der Waals surface area contributed by atoms with E-state index in [2.05, 4.69) is 10.00 Å². The topological polar surface area (TPSA) is 113 Å². The molecule has 2 unspecified atom stereocenters. The Bertz CT molecular complexity index is 1410. The molecule has 3 aliphatic heterocycles. The minimum atomic E-state index is -1.01. The number of rotatable bonds is 6. The molecule has 3 aromatic rings. The molecule has 3 fully saturated rings. The average Bonchev–Trinajstić information content (AvgIpc) is 3.29. The lowest BCUT2D eigenvalue weighted by Crippen LogP contribution is -2.70. The summed E-state index contributed by atoms with van der Waals surface area (Å²) in [6, 6.07) is 5.99. The second-order valence-electron chi connectivity index (χ2n) is 12.5. The van der Waals surface area contributed by atoms with E-state index in [0.29, 0.717) is 29.9 Å². The quantitative estimate of drug-likeness (QED) is 0.497. The molecule has 1 N–H and O–H groups in total. The van der Waals surface area contributed by atoms with Crippen molar-refractivity contribution in [2.24, 2.45) is 0 Å². The number of anilines is 1. The van der Waals surface area contributed by atoms with Gasteiger partial charge in [0.15, 0.2) is 0 Å². The Balaban J connectivity index is 1.41. The highest BCUT2D eigenvalue weighted by molar-refractivity contribution is 6.04. The summed E-state index contributed by atoms with van der Waals surface area (Å²) in [7, 11) is 3.41. The second-order valence-corrected chi connectivity index (χ2v) is 12.5. The number of nitrogens with zero attached hydrogens (tertiary/aromatic N) is 6. The first kappa shape index (κ1) is 27.7. The van der Waals surface area contributed by atoms with Crippen molar-refractivity contribution in [3.05, 3.63) is 42.4 Å². The summed E-state index contributed by atoms with van der Waals surface area (Å²) in [6.07, 6.45) is 5.76. The SMILES string of the molecule is CN(C)C(=O)c1cnn2cc(OCC(C)(C)O)cc(-c3ccc(N4CC5CC(C4)N5C(=O)OC(C)(C)C)nc3)c12. The number of carbonyl (C=O) groups is 2. The van der Waals surface area contributed by atoms with Gasteiger partial charge < -0.3 is 24.4 Å². The van der Waals surface area contributed by atoms with Gasteiger partial charge in [0, 0.05) is 44.5 Å². The number of piperidine rings is 1. The van der Waals surface area contributed by atoms with Crippen LogP contribution in [0, 0.1) is 0 Å². The third-order valence-corrected chi connectivity index (χ3v) is 7.00. The van der Waals surface area contributed by atoms with E-state index in [1.807, 2.05) is 43.9 Å². The number of aliphatic hydroxyl groups is 1. The van der Waals surface area contributed by atoms with E-state index in [9.17, 15) is 14.7 Å². The standard InChI is InChI=1S/C29H38N6O5/c1-28(2,3)40-27(37)35-19-10-20(35)15-33(14-19)24-9-8-18(12-30-24)22-11-21(39-17-29(4,5)38)16-34-25(22)23(13-31-34)26(36)32(6)7/h8-9,11-13,16,19-20,38H,10,14-15,17H2,1-7H3. The molecule has 3 saturated heterocycles. The number of ether oxygens (including phenoxy) is 2.